The van der Waals surface area contributed by atoms with Gasteiger partial charge in [0.25, 0.3) is 0 Å². The van der Waals surface area contributed by atoms with Crippen molar-refractivity contribution >= 4 is 16.1 Å². The Morgan fingerprint density at radius 2 is 1.65 bits per heavy atom. The molecule has 0 fully saturated rings. The first kappa shape index (κ1) is 18.5. The standard InChI is InChI=1S/C18H16F3NO3S/c1-22(17(18(19,20)21)13-7-3-2-4-8-13)26(23,24)15-11-14-9-5-6-10-16(14)25-12-15/h2-11,17H,12H2,1H3. The average Bonchev–Trinajstić information content (AvgIpc) is 2.61. The molecule has 2 aromatic rings. The van der Waals surface area contributed by atoms with Gasteiger partial charge >= 0.3 is 6.18 Å². The number of hydrogen-bond donors (Lipinski definition) is 0. The Kier molecular flexibility index (Phi) is 4.81. The third kappa shape index (κ3) is 3.47. The van der Waals surface area contributed by atoms with Crippen LogP contribution in [0.25, 0.3) is 6.08 Å². The molecular formula is C18H16F3NO3S. The molecule has 1 aliphatic rings. The number of para-hydroxylation sites is 1. The second kappa shape index (κ2) is 6.77. The van der Waals surface area contributed by atoms with Crippen LogP contribution in [-0.2, 0) is 10.0 Å². The van der Waals surface area contributed by atoms with Gasteiger partial charge in [0, 0.05) is 12.6 Å². The minimum atomic E-state index is -4.77. The number of alkyl halides is 3. The number of hydrogen-bond acceptors (Lipinski definition) is 3. The molecule has 26 heavy (non-hydrogen) atoms. The van der Waals surface area contributed by atoms with E-state index < -0.39 is 22.2 Å². The first-order valence-electron chi connectivity index (χ1n) is 7.73. The highest BCUT2D eigenvalue weighted by Gasteiger charge is 2.48. The Balaban J connectivity index is 2.02. The minimum absolute atomic E-state index is 0.149. The summed E-state index contributed by atoms with van der Waals surface area (Å²) in [6, 6.07) is 11.4. The van der Waals surface area contributed by atoms with Gasteiger partial charge in [0.2, 0.25) is 10.0 Å². The lowest BCUT2D eigenvalue weighted by molar-refractivity contribution is -0.171. The quantitative estimate of drug-likeness (QED) is 0.802. The molecule has 0 saturated heterocycles. The second-order valence-corrected chi connectivity index (χ2v) is 7.86. The van der Waals surface area contributed by atoms with Crippen molar-refractivity contribution in [3.63, 3.8) is 0 Å². The van der Waals surface area contributed by atoms with Crippen LogP contribution in [0.1, 0.15) is 17.2 Å². The predicted octanol–water partition coefficient (Wildman–Crippen LogP) is 3.99. The van der Waals surface area contributed by atoms with Crippen LogP contribution >= 0.6 is 0 Å². The van der Waals surface area contributed by atoms with Crippen molar-refractivity contribution in [3.05, 3.63) is 70.6 Å². The summed E-state index contributed by atoms with van der Waals surface area (Å²) in [5, 5.41) is 0. The third-order valence-electron chi connectivity index (χ3n) is 4.10. The molecule has 138 valence electrons. The Bertz CT molecular complexity index is 924. The number of sulfonamides is 1. The maximum atomic E-state index is 13.6. The first-order chi connectivity index (χ1) is 12.2. The van der Waals surface area contributed by atoms with Crippen LogP contribution in [0.15, 0.2) is 59.5 Å². The fraction of sp³-hybridized carbons (Fsp3) is 0.222. The topological polar surface area (TPSA) is 46.6 Å². The Hall–Kier alpha value is -2.32. The van der Waals surface area contributed by atoms with E-state index in [0.29, 0.717) is 15.6 Å². The molecule has 4 nitrogen and oxygen atoms in total. The Labute approximate surface area is 149 Å². The van der Waals surface area contributed by atoms with Gasteiger partial charge in [-0.3, -0.25) is 0 Å². The van der Waals surface area contributed by atoms with Crippen molar-refractivity contribution in [1.82, 2.24) is 4.31 Å². The highest BCUT2D eigenvalue weighted by molar-refractivity contribution is 7.93. The van der Waals surface area contributed by atoms with E-state index in [9.17, 15) is 21.6 Å². The fourth-order valence-corrected chi connectivity index (χ4v) is 4.18. The molecule has 0 radical (unpaired) electrons. The van der Waals surface area contributed by atoms with E-state index in [1.54, 1.807) is 30.3 Å². The van der Waals surface area contributed by atoms with Crippen LogP contribution in [0.4, 0.5) is 13.2 Å². The van der Waals surface area contributed by atoms with Gasteiger partial charge in [-0.05, 0) is 17.7 Å². The van der Waals surface area contributed by atoms with E-state index in [0.717, 1.165) is 7.05 Å². The highest BCUT2D eigenvalue weighted by atomic mass is 32.2. The largest absolute Gasteiger partial charge is 0.487 e. The van der Waals surface area contributed by atoms with E-state index in [1.807, 2.05) is 0 Å². The fourth-order valence-electron chi connectivity index (χ4n) is 2.81. The summed E-state index contributed by atoms with van der Waals surface area (Å²) in [7, 11) is -3.45. The van der Waals surface area contributed by atoms with E-state index in [-0.39, 0.29) is 17.1 Å². The van der Waals surface area contributed by atoms with Gasteiger partial charge in [-0.15, -0.1) is 0 Å². The van der Waals surface area contributed by atoms with Crippen molar-refractivity contribution in [2.75, 3.05) is 13.7 Å². The molecule has 0 saturated carbocycles. The minimum Gasteiger partial charge on any atom is -0.487 e. The molecule has 0 bridgehead atoms. The molecule has 0 aliphatic carbocycles. The van der Waals surface area contributed by atoms with Gasteiger partial charge < -0.3 is 4.74 Å². The molecule has 0 N–H and O–H groups in total. The molecule has 1 aliphatic heterocycles. The van der Waals surface area contributed by atoms with Crippen LogP contribution < -0.4 is 4.74 Å². The summed E-state index contributed by atoms with van der Waals surface area (Å²) in [6.45, 7) is -0.316. The van der Waals surface area contributed by atoms with Gasteiger partial charge in [-0.25, -0.2) is 8.42 Å². The normalized spacial score (nSPS) is 15.8. The molecule has 0 aromatic heterocycles. The van der Waals surface area contributed by atoms with E-state index in [2.05, 4.69) is 0 Å². The average molecular weight is 383 g/mol. The Morgan fingerprint density at radius 3 is 2.31 bits per heavy atom. The molecule has 2 aromatic carbocycles. The van der Waals surface area contributed by atoms with Crippen LogP contribution in [0.3, 0.4) is 0 Å². The number of ether oxygens (including phenoxy) is 1. The zero-order valence-corrected chi connectivity index (χ0v) is 14.6. The van der Waals surface area contributed by atoms with Crippen molar-refractivity contribution < 1.29 is 26.3 Å². The van der Waals surface area contributed by atoms with Crippen molar-refractivity contribution in [1.29, 1.82) is 0 Å². The lowest BCUT2D eigenvalue weighted by Crippen LogP contribution is -2.41. The summed E-state index contributed by atoms with van der Waals surface area (Å²) < 4.78 is 72.3. The number of benzene rings is 2. The Morgan fingerprint density at radius 1 is 1.04 bits per heavy atom. The SMILES string of the molecule is CN(C(c1ccccc1)C(F)(F)F)S(=O)(=O)C1=Cc2ccccc2OC1. The summed E-state index contributed by atoms with van der Waals surface area (Å²) in [5.41, 5.74) is 0.359. The monoisotopic (exact) mass is 383 g/mol. The molecule has 1 atom stereocenters. The highest BCUT2D eigenvalue weighted by Crippen LogP contribution is 2.40. The molecule has 1 heterocycles. The van der Waals surface area contributed by atoms with Crippen molar-refractivity contribution in [2.24, 2.45) is 0 Å². The van der Waals surface area contributed by atoms with Gasteiger partial charge in [0.05, 0.1) is 4.91 Å². The zero-order chi connectivity index (χ0) is 18.9. The summed E-state index contributed by atoms with van der Waals surface area (Å²) in [5.74, 6) is 0.490. The molecular weight excluding hydrogens is 367 g/mol. The summed E-state index contributed by atoms with van der Waals surface area (Å²) >= 11 is 0. The number of rotatable bonds is 4. The van der Waals surface area contributed by atoms with E-state index in [4.69, 9.17) is 4.74 Å². The van der Waals surface area contributed by atoms with E-state index in [1.165, 1.54) is 30.3 Å². The predicted molar refractivity (Wildman–Crippen MR) is 91.8 cm³/mol. The van der Waals surface area contributed by atoms with Crippen LogP contribution in [0, 0.1) is 0 Å². The zero-order valence-electron chi connectivity index (χ0n) is 13.8. The molecule has 0 spiro atoms. The lowest BCUT2D eigenvalue weighted by atomic mass is 10.1. The first-order valence-corrected chi connectivity index (χ1v) is 9.17. The van der Waals surface area contributed by atoms with Gasteiger partial charge in [-0.1, -0.05) is 48.5 Å². The van der Waals surface area contributed by atoms with Gasteiger partial charge in [0.1, 0.15) is 18.4 Å². The molecule has 1 unspecified atom stereocenters. The smallest absolute Gasteiger partial charge is 0.409 e. The maximum Gasteiger partial charge on any atom is 0.409 e. The summed E-state index contributed by atoms with van der Waals surface area (Å²) in [4.78, 5) is -0.219. The van der Waals surface area contributed by atoms with Crippen LogP contribution in [0.2, 0.25) is 0 Å². The second-order valence-electron chi connectivity index (χ2n) is 5.81. The van der Waals surface area contributed by atoms with Gasteiger partial charge in [-0.2, -0.15) is 17.5 Å². The number of nitrogens with zero attached hydrogens (tertiary/aromatic N) is 1. The van der Waals surface area contributed by atoms with Crippen LogP contribution in [0.5, 0.6) is 5.75 Å². The third-order valence-corrected chi connectivity index (χ3v) is 5.97. The molecule has 8 heteroatoms. The molecule has 0 amide bonds. The lowest BCUT2D eigenvalue weighted by Gasteiger charge is -2.31. The van der Waals surface area contributed by atoms with Gasteiger partial charge in [0.15, 0.2) is 0 Å². The number of fused-ring (bicyclic) bond motifs is 1. The maximum absolute atomic E-state index is 13.6. The van der Waals surface area contributed by atoms with Crippen molar-refractivity contribution in [2.45, 2.75) is 12.2 Å². The van der Waals surface area contributed by atoms with Crippen molar-refractivity contribution in [3.8, 4) is 5.75 Å². The van der Waals surface area contributed by atoms with Crippen LogP contribution in [-0.4, -0.2) is 32.6 Å². The summed E-state index contributed by atoms with van der Waals surface area (Å²) in [6.07, 6.45) is -3.42. The molecule has 3 rings (SSSR count). The number of halogens is 3. The van der Waals surface area contributed by atoms with E-state index >= 15 is 0 Å².